The zero-order chi connectivity index (χ0) is 12.6. The molecule has 1 N–H and O–H groups in total. The van der Waals surface area contributed by atoms with Gasteiger partial charge in [-0.3, -0.25) is 9.59 Å². The molecule has 0 fully saturated rings. The van der Waals surface area contributed by atoms with Gasteiger partial charge in [-0.2, -0.15) is 0 Å². The first-order valence-electron chi connectivity index (χ1n) is 5.03. The van der Waals surface area contributed by atoms with Gasteiger partial charge in [0.2, 0.25) is 5.91 Å². The Balaban J connectivity index is 2.41. The first-order valence-corrected chi connectivity index (χ1v) is 6.29. The van der Waals surface area contributed by atoms with E-state index in [0.29, 0.717) is 5.69 Å². The van der Waals surface area contributed by atoms with Crippen LogP contribution in [0.15, 0.2) is 23.0 Å². The van der Waals surface area contributed by atoms with Crippen molar-refractivity contribution >= 4 is 44.7 Å². The molecule has 1 atom stereocenters. The molecule has 0 saturated carbocycles. The van der Waals surface area contributed by atoms with Crippen molar-refractivity contribution in [3.8, 4) is 0 Å². The van der Waals surface area contributed by atoms with E-state index in [2.05, 4.69) is 5.32 Å². The minimum absolute atomic E-state index is 0.0193. The van der Waals surface area contributed by atoms with E-state index in [1.807, 2.05) is 6.07 Å². The Morgan fingerprint density at radius 2 is 2.24 bits per heavy atom. The highest BCUT2D eigenvalue weighted by molar-refractivity contribution is 7.16. The molecule has 2 aromatic rings. The van der Waals surface area contributed by atoms with Gasteiger partial charge in [0.25, 0.3) is 0 Å². The molecule has 0 aliphatic heterocycles. The van der Waals surface area contributed by atoms with E-state index >= 15 is 0 Å². The maximum atomic E-state index is 11.5. The third-order valence-electron chi connectivity index (χ3n) is 2.42. The standard InChI is InChI=1S/C11H11ClN2O2S/c1-6(12)10(15)13-7-3-4-9-8(5-7)14(2)11(16)17-9/h3-6H,1-2H3,(H,13,15). The number of hydrogen-bond donors (Lipinski definition) is 1. The van der Waals surface area contributed by atoms with Crippen molar-refractivity contribution in [2.75, 3.05) is 5.32 Å². The Kier molecular flexibility index (Phi) is 3.22. The lowest BCUT2D eigenvalue weighted by molar-refractivity contribution is -0.115. The number of carbonyl (C=O) groups is 1. The topological polar surface area (TPSA) is 51.1 Å². The molecule has 1 aromatic carbocycles. The number of rotatable bonds is 2. The van der Waals surface area contributed by atoms with Crippen molar-refractivity contribution in [3.05, 3.63) is 27.9 Å². The second kappa shape index (κ2) is 4.50. The van der Waals surface area contributed by atoms with Crippen LogP contribution in [-0.2, 0) is 11.8 Å². The van der Waals surface area contributed by atoms with E-state index < -0.39 is 5.38 Å². The number of aryl methyl sites for hydroxylation is 1. The highest BCUT2D eigenvalue weighted by Crippen LogP contribution is 2.21. The van der Waals surface area contributed by atoms with Crippen molar-refractivity contribution in [1.29, 1.82) is 0 Å². The highest BCUT2D eigenvalue weighted by atomic mass is 35.5. The Hall–Kier alpha value is -1.33. The minimum Gasteiger partial charge on any atom is -0.325 e. The monoisotopic (exact) mass is 270 g/mol. The molecule has 1 amide bonds. The van der Waals surface area contributed by atoms with Gasteiger partial charge >= 0.3 is 4.87 Å². The first-order chi connectivity index (χ1) is 7.99. The second-order valence-electron chi connectivity index (χ2n) is 3.71. The number of fused-ring (bicyclic) bond motifs is 1. The van der Waals surface area contributed by atoms with Crippen LogP contribution < -0.4 is 10.2 Å². The molecule has 0 saturated heterocycles. The van der Waals surface area contributed by atoms with Gasteiger partial charge in [-0.25, -0.2) is 0 Å². The summed E-state index contributed by atoms with van der Waals surface area (Å²) >= 11 is 6.85. The fourth-order valence-electron chi connectivity index (χ4n) is 1.45. The fourth-order valence-corrected chi connectivity index (χ4v) is 2.36. The lowest BCUT2D eigenvalue weighted by Crippen LogP contribution is -2.20. The maximum absolute atomic E-state index is 11.5. The molecule has 0 bridgehead atoms. The summed E-state index contributed by atoms with van der Waals surface area (Å²) < 4.78 is 2.45. The summed E-state index contributed by atoms with van der Waals surface area (Å²) in [4.78, 5) is 22.9. The van der Waals surface area contributed by atoms with Crippen LogP contribution in [0.2, 0.25) is 0 Å². The molecular weight excluding hydrogens is 260 g/mol. The molecule has 90 valence electrons. The smallest absolute Gasteiger partial charge is 0.307 e. The Morgan fingerprint density at radius 1 is 1.53 bits per heavy atom. The van der Waals surface area contributed by atoms with Crippen LogP contribution in [0.25, 0.3) is 10.2 Å². The van der Waals surface area contributed by atoms with Gasteiger partial charge in [-0.15, -0.1) is 11.6 Å². The Morgan fingerprint density at radius 3 is 2.88 bits per heavy atom. The SMILES string of the molecule is CC(Cl)C(=O)Nc1ccc2sc(=O)n(C)c2c1. The molecule has 1 unspecified atom stereocenters. The minimum atomic E-state index is -0.586. The number of benzene rings is 1. The molecule has 1 aromatic heterocycles. The summed E-state index contributed by atoms with van der Waals surface area (Å²) in [6.45, 7) is 1.61. The molecule has 1 heterocycles. The van der Waals surface area contributed by atoms with Gasteiger partial charge in [0.1, 0.15) is 5.38 Å². The van der Waals surface area contributed by atoms with Crippen molar-refractivity contribution in [1.82, 2.24) is 4.57 Å². The molecule has 0 aliphatic rings. The van der Waals surface area contributed by atoms with E-state index in [1.54, 1.807) is 30.7 Å². The van der Waals surface area contributed by atoms with Gasteiger partial charge in [-0.1, -0.05) is 11.3 Å². The molecule has 4 nitrogen and oxygen atoms in total. The predicted molar refractivity (Wildman–Crippen MR) is 71.0 cm³/mol. The van der Waals surface area contributed by atoms with Crippen LogP contribution in [0.1, 0.15) is 6.92 Å². The van der Waals surface area contributed by atoms with Gasteiger partial charge in [0, 0.05) is 12.7 Å². The van der Waals surface area contributed by atoms with E-state index in [1.165, 1.54) is 11.3 Å². The fraction of sp³-hybridized carbons (Fsp3) is 0.273. The van der Waals surface area contributed by atoms with Crippen LogP contribution in [0.3, 0.4) is 0 Å². The molecule has 0 spiro atoms. The van der Waals surface area contributed by atoms with Gasteiger partial charge in [0.05, 0.1) is 10.2 Å². The zero-order valence-electron chi connectivity index (χ0n) is 9.36. The van der Waals surface area contributed by atoms with Crippen molar-refractivity contribution < 1.29 is 4.79 Å². The van der Waals surface area contributed by atoms with Crippen molar-refractivity contribution in [2.24, 2.45) is 7.05 Å². The highest BCUT2D eigenvalue weighted by Gasteiger charge is 2.10. The van der Waals surface area contributed by atoms with Crippen LogP contribution in [0.5, 0.6) is 0 Å². The number of aromatic nitrogens is 1. The third-order valence-corrected chi connectivity index (χ3v) is 3.63. The summed E-state index contributed by atoms with van der Waals surface area (Å²) in [7, 11) is 1.71. The van der Waals surface area contributed by atoms with Crippen molar-refractivity contribution in [3.63, 3.8) is 0 Å². The average molecular weight is 271 g/mol. The number of nitrogens with one attached hydrogen (secondary N) is 1. The number of amides is 1. The molecule has 6 heteroatoms. The number of hydrogen-bond acceptors (Lipinski definition) is 3. The molecule has 0 aliphatic carbocycles. The Bertz CT molecular complexity index is 630. The lowest BCUT2D eigenvalue weighted by atomic mass is 10.3. The van der Waals surface area contributed by atoms with Crippen LogP contribution in [-0.4, -0.2) is 15.9 Å². The predicted octanol–water partition coefficient (Wildman–Crippen LogP) is 2.17. The average Bonchev–Trinajstić information content (AvgIpc) is 2.55. The van der Waals surface area contributed by atoms with Crippen LogP contribution in [0.4, 0.5) is 5.69 Å². The number of thiazole rings is 1. The molecular formula is C11H11ClN2O2S. The summed E-state index contributed by atoms with van der Waals surface area (Å²) in [5.41, 5.74) is 1.45. The number of nitrogens with zero attached hydrogens (tertiary/aromatic N) is 1. The largest absolute Gasteiger partial charge is 0.325 e. The van der Waals surface area contributed by atoms with Crippen LogP contribution in [0, 0.1) is 0 Å². The van der Waals surface area contributed by atoms with Gasteiger partial charge in [-0.05, 0) is 25.1 Å². The van der Waals surface area contributed by atoms with Crippen molar-refractivity contribution in [2.45, 2.75) is 12.3 Å². The second-order valence-corrected chi connectivity index (χ2v) is 5.36. The first kappa shape index (κ1) is 12.1. The molecule has 0 radical (unpaired) electrons. The van der Waals surface area contributed by atoms with Crippen LogP contribution >= 0.6 is 22.9 Å². The van der Waals surface area contributed by atoms with E-state index in [9.17, 15) is 9.59 Å². The third kappa shape index (κ3) is 2.35. The number of alkyl halides is 1. The number of halogens is 1. The summed E-state index contributed by atoms with van der Waals surface area (Å²) in [6, 6.07) is 5.34. The normalized spacial score (nSPS) is 12.6. The van der Waals surface area contributed by atoms with E-state index in [-0.39, 0.29) is 10.8 Å². The Labute approximate surface area is 107 Å². The van der Waals surface area contributed by atoms with Gasteiger partial charge in [0.15, 0.2) is 0 Å². The molecule has 2 rings (SSSR count). The number of carbonyl (C=O) groups excluding carboxylic acids is 1. The van der Waals surface area contributed by atoms with E-state index in [4.69, 9.17) is 11.6 Å². The van der Waals surface area contributed by atoms with E-state index in [0.717, 1.165) is 10.2 Å². The maximum Gasteiger partial charge on any atom is 0.307 e. The summed E-state index contributed by atoms with van der Waals surface area (Å²) in [5, 5.41) is 2.10. The van der Waals surface area contributed by atoms with Gasteiger partial charge < -0.3 is 9.88 Å². The molecule has 17 heavy (non-hydrogen) atoms. The summed E-state index contributed by atoms with van der Waals surface area (Å²) in [5.74, 6) is -0.258. The lowest BCUT2D eigenvalue weighted by Gasteiger charge is -2.06. The number of anilines is 1. The zero-order valence-corrected chi connectivity index (χ0v) is 10.9. The quantitative estimate of drug-likeness (QED) is 0.851. The summed E-state index contributed by atoms with van der Waals surface area (Å²) in [6.07, 6.45) is 0.